The number of rotatable bonds is 5. The molecule has 6 nitrogen and oxygen atoms in total. The third kappa shape index (κ3) is 3.91. The lowest BCUT2D eigenvalue weighted by Crippen LogP contribution is -2.46. The van der Waals surface area contributed by atoms with Gasteiger partial charge in [0, 0.05) is 58.2 Å². The number of hydrogen-bond acceptors (Lipinski definition) is 6. The number of nitrogens with one attached hydrogen (secondary N) is 1. The summed E-state index contributed by atoms with van der Waals surface area (Å²) in [6.45, 7) is 6.25. The molecule has 0 amide bonds. The number of carbonyl (C=O) groups is 1. The molecule has 0 saturated carbocycles. The molecule has 0 spiro atoms. The SMILES string of the molecule is COC(=O)c1cc(N(C)CCN2CCNCC2)ccn1. The fraction of sp³-hybridized carbons (Fsp3) is 0.571. The molecule has 110 valence electrons. The predicted octanol–water partition coefficient (Wildman–Crippen LogP) is 0.210. The Morgan fingerprint density at radius 3 is 2.95 bits per heavy atom. The Balaban J connectivity index is 1.91. The van der Waals surface area contributed by atoms with Gasteiger partial charge < -0.3 is 15.0 Å². The first-order valence-electron chi connectivity index (χ1n) is 6.89. The largest absolute Gasteiger partial charge is 0.464 e. The fourth-order valence-corrected chi connectivity index (χ4v) is 2.23. The number of likely N-dealkylation sites (N-methyl/N-ethyl adjacent to an activating group) is 1. The highest BCUT2D eigenvalue weighted by Gasteiger charge is 2.12. The molecule has 0 atom stereocenters. The molecular formula is C14H22N4O2. The average Bonchev–Trinajstić information content (AvgIpc) is 2.53. The van der Waals surface area contributed by atoms with Gasteiger partial charge in [0.1, 0.15) is 5.69 Å². The number of carbonyl (C=O) groups excluding carboxylic acids is 1. The Kier molecular flexibility index (Phi) is 5.31. The molecule has 2 heterocycles. The number of aromatic nitrogens is 1. The van der Waals surface area contributed by atoms with Crippen molar-refractivity contribution in [3.05, 3.63) is 24.0 Å². The van der Waals surface area contributed by atoms with Gasteiger partial charge in [-0.25, -0.2) is 9.78 Å². The van der Waals surface area contributed by atoms with Crippen molar-refractivity contribution in [2.24, 2.45) is 0 Å². The number of anilines is 1. The van der Waals surface area contributed by atoms with Crippen LogP contribution in [0.3, 0.4) is 0 Å². The highest BCUT2D eigenvalue weighted by molar-refractivity contribution is 5.88. The van der Waals surface area contributed by atoms with Crippen molar-refractivity contribution in [3.8, 4) is 0 Å². The zero-order chi connectivity index (χ0) is 14.4. The lowest BCUT2D eigenvalue weighted by atomic mass is 10.3. The first-order chi connectivity index (χ1) is 9.70. The van der Waals surface area contributed by atoms with Crippen LogP contribution in [0.15, 0.2) is 18.3 Å². The van der Waals surface area contributed by atoms with Crippen LogP contribution in [0.5, 0.6) is 0 Å². The van der Waals surface area contributed by atoms with E-state index >= 15 is 0 Å². The van der Waals surface area contributed by atoms with Crippen molar-refractivity contribution in [2.75, 3.05) is 58.3 Å². The quantitative estimate of drug-likeness (QED) is 0.777. The van der Waals surface area contributed by atoms with Crippen LogP contribution in [-0.2, 0) is 4.74 Å². The maximum atomic E-state index is 11.5. The molecule has 1 aromatic rings. The summed E-state index contributed by atoms with van der Waals surface area (Å²) in [6.07, 6.45) is 1.64. The molecule has 1 aliphatic rings. The van der Waals surface area contributed by atoms with Gasteiger partial charge in [-0.2, -0.15) is 0 Å². The standard InChI is InChI=1S/C14H22N4O2/c1-17(9-10-18-7-5-15-6-8-18)12-3-4-16-13(11-12)14(19)20-2/h3-4,11,15H,5-10H2,1-2H3. The summed E-state index contributed by atoms with van der Waals surface area (Å²) in [5.41, 5.74) is 1.33. The van der Waals surface area contributed by atoms with Crippen LogP contribution in [0, 0.1) is 0 Å². The molecule has 2 rings (SSSR count). The van der Waals surface area contributed by atoms with E-state index in [1.165, 1.54) is 7.11 Å². The summed E-state index contributed by atoms with van der Waals surface area (Å²) in [5.74, 6) is -0.401. The maximum Gasteiger partial charge on any atom is 0.356 e. The molecule has 20 heavy (non-hydrogen) atoms. The van der Waals surface area contributed by atoms with E-state index in [4.69, 9.17) is 4.74 Å². The van der Waals surface area contributed by atoms with Gasteiger partial charge in [-0.15, -0.1) is 0 Å². The highest BCUT2D eigenvalue weighted by Crippen LogP contribution is 2.13. The van der Waals surface area contributed by atoms with Crippen LogP contribution < -0.4 is 10.2 Å². The number of hydrogen-bond donors (Lipinski definition) is 1. The van der Waals surface area contributed by atoms with Gasteiger partial charge in [0.25, 0.3) is 0 Å². The Bertz CT molecular complexity index is 447. The minimum Gasteiger partial charge on any atom is -0.464 e. The van der Waals surface area contributed by atoms with Crippen LogP contribution in [0.1, 0.15) is 10.5 Å². The maximum absolute atomic E-state index is 11.5. The summed E-state index contributed by atoms with van der Waals surface area (Å²) < 4.78 is 4.69. The van der Waals surface area contributed by atoms with Gasteiger partial charge in [-0.1, -0.05) is 0 Å². The second-order valence-corrected chi connectivity index (χ2v) is 4.90. The van der Waals surface area contributed by atoms with E-state index in [0.717, 1.165) is 45.0 Å². The minimum absolute atomic E-state index is 0.346. The summed E-state index contributed by atoms with van der Waals surface area (Å²) in [7, 11) is 3.39. The first-order valence-corrected chi connectivity index (χ1v) is 6.89. The monoisotopic (exact) mass is 278 g/mol. The molecule has 1 aliphatic heterocycles. The Labute approximate surface area is 119 Å². The van der Waals surface area contributed by atoms with Crippen LogP contribution in [-0.4, -0.2) is 69.3 Å². The third-order valence-electron chi connectivity index (χ3n) is 3.54. The molecule has 1 saturated heterocycles. The van der Waals surface area contributed by atoms with Crippen molar-refractivity contribution < 1.29 is 9.53 Å². The molecule has 0 radical (unpaired) electrons. The molecule has 6 heteroatoms. The van der Waals surface area contributed by atoms with Crippen LogP contribution in [0.4, 0.5) is 5.69 Å². The average molecular weight is 278 g/mol. The Morgan fingerprint density at radius 2 is 2.25 bits per heavy atom. The lowest BCUT2D eigenvalue weighted by Gasteiger charge is -2.29. The summed E-state index contributed by atoms with van der Waals surface area (Å²) in [5, 5.41) is 3.35. The van der Waals surface area contributed by atoms with E-state index in [0.29, 0.717) is 5.69 Å². The summed E-state index contributed by atoms with van der Waals surface area (Å²) in [6, 6.07) is 3.67. The number of methoxy groups -OCH3 is 1. The van der Waals surface area contributed by atoms with E-state index < -0.39 is 5.97 Å². The lowest BCUT2D eigenvalue weighted by molar-refractivity contribution is 0.0594. The van der Waals surface area contributed by atoms with Crippen LogP contribution in [0.2, 0.25) is 0 Å². The second-order valence-electron chi connectivity index (χ2n) is 4.90. The zero-order valence-corrected chi connectivity index (χ0v) is 12.1. The zero-order valence-electron chi connectivity index (χ0n) is 12.1. The number of esters is 1. The van der Waals surface area contributed by atoms with E-state index in [-0.39, 0.29) is 0 Å². The summed E-state index contributed by atoms with van der Waals surface area (Å²) in [4.78, 5) is 20.1. The normalized spacial score (nSPS) is 15.9. The van der Waals surface area contributed by atoms with E-state index in [9.17, 15) is 4.79 Å². The fourth-order valence-electron chi connectivity index (χ4n) is 2.23. The smallest absolute Gasteiger partial charge is 0.356 e. The van der Waals surface area contributed by atoms with E-state index in [1.54, 1.807) is 12.3 Å². The molecule has 0 aromatic carbocycles. The minimum atomic E-state index is -0.401. The number of piperazine rings is 1. The van der Waals surface area contributed by atoms with Gasteiger partial charge in [-0.05, 0) is 12.1 Å². The van der Waals surface area contributed by atoms with E-state index in [1.807, 2.05) is 13.1 Å². The first kappa shape index (κ1) is 14.7. The Morgan fingerprint density at radius 1 is 1.50 bits per heavy atom. The van der Waals surface area contributed by atoms with Crippen molar-refractivity contribution >= 4 is 11.7 Å². The van der Waals surface area contributed by atoms with Crippen molar-refractivity contribution in [2.45, 2.75) is 0 Å². The van der Waals surface area contributed by atoms with Crippen molar-refractivity contribution in [1.82, 2.24) is 15.2 Å². The molecule has 0 unspecified atom stereocenters. The predicted molar refractivity (Wildman–Crippen MR) is 78.2 cm³/mol. The van der Waals surface area contributed by atoms with Crippen LogP contribution >= 0.6 is 0 Å². The Hall–Kier alpha value is -1.66. The molecule has 1 aromatic heterocycles. The topological polar surface area (TPSA) is 57.7 Å². The van der Waals surface area contributed by atoms with Gasteiger partial charge in [-0.3, -0.25) is 4.90 Å². The number of ether oxygens (including phenoxy) is 1. The molecule has 0 bridgehead atoms. The highest BCUT2D eigenvalue weighted by atomic mass is 16.5. The molecule has 1 N–H and O–H groups in total. The van der Waals surface area contributed by atoms with Gasteiger partial charge in [0.05, 0.1) is 7.11 Å². The van der Waals surface area contributed by atoms with Gasteiger partial charge >= 0.3 is 5.97 Å². The van der Waals surface area contributed by atoms with Gasteiger partial charge in [0.15, 0.2) is 0 Å². The van der Waals surface area contributed by atoms with E-state index in [2.05, 4.69) is 20.1 Å². The summed E-state index contributed by atoms with van der Waals surface area (Å²) >= 11 is 0. The van der Waals surface area contributed by atoms with Crippen molar-refractivity contribution in [3.63, 3.8) is 0 Å². The number of pyridine rings is 1. The molecule has 0 aliphatic carbocycles. The van der Waals surface area contributed by atoms with Gasteiger partial charge in [0.2, 0.25) is 0 Å². The van der Waals surface area contributed by atoms with Crippen LogP contribution in [0.25, 0.3) is 0 Å². The van der Waals surface area contributed by atoms with Crippen molar-refractivity contribution in [1.29, 1.82) is 0 Å². The second kappa shape index (κ2) is 7.21. The third-order valence-corrected chi connectivity index (χ3v) is 3.54. The molecular weight excluding hydrogens is 256 g/mol. The molecule has 1 fully saturated rings. The number of nitrogens with zero attached hydrogens (tertiary/aromatic N) is 3.